The lowest BCUT2D eigenvalue weighted by Gasteiger charge is -2.26. The van der Waals surface area contributed by atoms with Gasteiger partial charge in [0.05, 0.1) is 24.1 Å². The van der Waals surface area contributed by atoms with Crippen molar-refractivity contribution in [3.63, 3.8) is 0 Å². The number of hydrogen-bond acceptors (Lipinski definition) is 8. The Morgan fingerprint density at radius 3 is 2.14 bits per heavy atom. The lowest BCUT2D eigenvalue weighted by molar-refractivity contribution is -0.384. The van der Waals surface area contributed by atoms with Crippen molar-refractivity contribution in [2.45, 2.75) is 65.3 Å². The minimum absolute atomic E-state index is 0.0341. The number of benzene rings is 1. The lowest BCUT2D eigenvalue weighted by atomic mass is 10.1. The second kappa shape index (κ2) is 9.50. The first kappa shape index (κ1) is 23.4. The van der Waals surface area contributed by atoms with E-state index >= 15 is 0 Å². The first-order valence-corrected chi connectivity index (χ1v) is 8.76. The number of hydrogen-bond donors (Lipinski definition) is 0. The molecule has 0 fully saturated rings. The summed E-state index contributed by atoms with van der Waals surface area (Å²) in [6.07, 6.45) is -1.33. The van der Waals surface area contributed by atoms with Gasteiger partial charge >= 0.3 is 12.1 Å². The molecule has 0 aromatic heterocycles. The van der Waals surface area contributed by atoms with E-state index in [1.807, 2.05) is 0 Å². The van der Waals surface area contributed by atoms with Gasteiger partial charge in [-0.15, -0.1) is 0 Å². The van der Waals surface area contributed by atoms with E-state index in [0.717, 1.165) is 0 Å². The molecule has 28 heavy (non-hydrogen) atoms. The molecule has 0 heterocycles. The van der Waals surface area contributed by atoms with E-state index in [4.69, 9.17) is 18.9 Å². The summed E-state index contributed by atoms with van der Waals surface area (Å²) in [4.78, 5) is 33.8. The molecule has 0 spiro atoms. The SMILES string of the molecule is CC(CC(=O)OC(C)(C)C)OCC(C)(C)OC(=O)Oc1ccc([N+](=O)[O-])cc1. The Bertz CT molecular complexity index is 691. The third-order valence-corrected chi connectivity index (χ3v) is 3.20. The zero-order chi connectivity index (χ0) is 21.5. The molecule has 9 nitrogen and oxygen atoms in total. The van der Waals surface area contributed by atoms with Gasteiger partial charge in [-0.2, -0.15) is 0 Å². The minimum Gasteiger partial charge on any atom is -0.460 e. The van der Waals surface area contributed by atoms with Crippen LogP contribution >= 0.6 is 0 Å². The maximum atomic E-state index is 11.9. The fourth-order valence-electron chi connectivity index (χ4n) is 2.03. The molecule has 0 bridgehead atoms. The number of esters is 1. The van der Waals surface area contributed by atoms with Gasteiger partial charge in [0.1, 0.15) is 17.0 Å². The first-order chi connectivity index (χ1) is 12.8. The molecular weight excluding hydrogens is 370 g/mol. The molecule has 1 rings (SSSR count). The molecule has 156 valence electrons. The maximum absolute atomic E-state index is 11.9. The van der Waals surface area contributed by atoms with E-state index in [1.54, 1.807) is 41.5 Å². The number of carbonyl (C=O) groups excluding carboxylic acids is 2. The normalized spacial score (nSPS) is 12.8. The molecule has 9 heteroatoms. The van der Waals surface area contributed by atoms with Gasteiger partial charge in [-0.05, 0) is 53.7 Å². The highest BCUT2D eigenvalue weighted by molar-refractivity contribution is 5.70. The summed E-state index contributed by atoms with van der Waals surface area (Å²) in [6, 6.07) is 5.03. The molecule has 0 saturated heterocycles. The zero-order valence-corrected chi connectivity index (χ0v) is 17.0. The molecule has 1 aromatic rings. The van der Waals surface area contributed by atoms with E-state index < -0.39 is 28.4 Å². The van der Waals surface area contributed by atoms with Gasteiger partial charge in [0.15, 0.2) is 0 Å². The van der Waals surface area contributed by atoms with E-state index in [0.29, 0.717) is 0 Å². The predicted octanol–water partition coefficient (Wildman–Crippen LogP) is 4.03. The molecule has 0 aliphatic carbocycles. The summed E-state index contributed by atoms with van der Waals surface area (Å²) >= 11 is 0. The van der Waals surface area contributed by atoms with Gasteiger partial charge in [0.2, 0.25) is 0 Å². The van der Waals surface area contributed by atoms with Gasteiger partial charge in [0, 0.05) is 12.1 Å². The molecule has 0 aliphatic heterocycles. The Labute approximate surface area is 164 Å². The van der Waals surface area contributed by atoms with Gasteiger partial charge in [-0.1, -0.05) is 0 Å². The van der Waals surface area contributed by atoms with Crippen molar-refractivity contribution >= 4 is 17.8 Å². The summed E-state index contributed by atoms with van der Waals surface area (Å²) in [5.41, 5.74) is -1.70. The quantitative estimate of drug-likeness (QED) is 0.279. The topological polar surface area (TPSA) is 114 Å². The first-order valence-electron chi connectivity index (χ1n) is 8.76. The summed E-state index contributed by atoms with van der Waals surface area (Å²) in [6.45, 7) is 10.4. The number of ether oxygens (including phenoxy) is 4. The average Bonchev–Trinajstić information content (AvgIpc) is 2.51. The Kier molecular flexibility index (Phi) is 7.92. The van der Waals surface area contributed by atoms with Crippen LogP contribution in [0.1, 0.15) is 48.0 Å². The minimum atomic E-state index is -1.01. The highest BCUT2D eigenvalue weighted by Crippen LogP contribution is 2.20. The molecule has 0 amide bonds. The molecule has 1 aromatic carbocycles. The molecule has 0 saturated carbocycles. The molecule has 0 N–H and O–H groups in total. The highest BCUT2D eigenvalue weighted by atomic mass is 16.7. The largest absolute Gasteiger partial charge is 0.514 e. The van der Waals surface area contributed by atoms with Crippen molar-refractivity contribution in [2.75, 3.05) is 6.61 Å². The molecule has 1 unspecified atom stereocenters. The van der Waals surface area contributed by atoms with Gasteiger partial charge < -0.3 is 18.9 Å². The predicted molar refractivity (Wildman–Crippen MR) is 100 cm³/mol. The van der Waals surface area contributed by atoms with E-state index in [2.05, 4.69) is 0 Å². The lowest BCUT2D eigenvalue weighted by Crippen LogP contribution is -2.36. The van der Waals surface area contributed by atoms with Crippen molar-refractivity contribution in [3.8, 4) is 5.75 Å². The van der Waals surface area contributed by atoms with Gasteiger partial charge in [-0.3, -0.25) is 14.9 Å². The van der Waals surface area contributed by atoms with Crippen LogP contribution in [0.25, 0.3) is 0 Å². The number of rotatable bonds is 8. The second-order valence-corrected chi connectivity index (χ2v) is 7.88. The Morgan fingerprint density at radius 2 is 1.64 bits per heavy atom. The number of nitro benzene ring substituents is 1. The Morgan fingerprint density at radius 1 is 1.07 bits per heavy atom. The van der Waals surface area contributed by atoms with Gasteiger partial charge in [0.25, 0.3) is 5.69 Å². The third-order valence-electron chi connectivity index (χ3n) is 3.20. The monoisotopic (exact) mass is 397 g/mol. The van der Waals surface area contributed by atoms with Crippen LogP contribution in [0.15, 0.2) is 24.3 Å². The second-order valence-electron chi connectivity index (χ2n) is 7.88. The highest BCUT2D eigenvalue weighted by Gasteiger charge is 2.27. The van der Waals surface area contributed by atoms with Crippen molar-refractivity contribution < 1.29 is 33.5 Å². The van der Waals surface area contributed by atoms with Crippen molar-refractivity contribution in [1.29, 1.82) is 0 Å². The van der Waals surface area contributed by atoms with Crippen LogP contribution in [-0.4, -0.2) is 41.0 Å². The summed E-state index contributed by atoms with van der Waals surface area (Å²) in [5.74, 6) is -0.262. The van der Waals surface area contributed by atoms with E-state index in [1.165, 1.54) is 24.3 Å². The Hall–Kier alpha value is -2.68. The van der Waals surface area contributed by atoms with Crippen LogP contribution in [0, 0.1) is 10.1 Å². The van der Waals surface area contributed by atoms with E-state index in [-0.39, 0.29) is 30.4 Å². The fraction of sp³-hybridized carbons (Fsp3) is 0.579. The number of carbonyl (C=O) groups is 2. The smallest absolute Gasteiger partial charge is 0.460 e. The molecule has 1 atom stereocenters. The van der Waals surface area contributed by atoms with Crippen molar-refractivity contribution in [2.24, 2.45) is 0 Å². The summed E-state index contributed by atoms with van der Waals surface area (Å²) in [5, 5.41) is 10.6. The van der Waals surface area contributed by atoms with Crippen molar-refractivity contribution in [1.82, 2.24) is 0 Å². The van der Waals surface area contributed by atoms with E-state index in [9.17, 15) is 19.7 Å². The Balaban J connectivity index is 2.46. The van der Waals surface area contributed by atoms with Crippen LogP contribution in [0.5, 0.6) is 5.75 Å². The van der Waals surface area contributed by atoms with Crippen LogP contribution in [0.2, 0.25) is 0 Å². The van der Waals surface area contributed by atoms with Crippen LogP contribution in [0.4, 0.5) is 10.5 Å². The standard InChI is InChI=1S/C19H27NO8/c1-13(11-16(21)27-18(2,3)4)25-12-19(5,6)28-17(22)26-15-9-7-14(8-10-15)20(23)24/h7-10,13H,11-12H2,1-6H3. The molecule has 0 radical (unpaired) electrons. The average molecular weight is 397 g/mol. The zero-order valence-electron chi connectivity index (χ0n) is 17.0. The summed E-state index contributed by atoms with van der Waals surface area (Å²) in [7, 11) is 0. The maximum Gasteiger partial charge on any atom is 0.514 e. The number of non-ortho nitro benzene ring substituents is 1. The molecular formula is C19H27NO8. The van der Waals surface area contributed by atoms with Crippen LogP contribution in [-0.2, 0) is 19.0 Å². The van der Waals surface area contributed by atoms with Crippen molar-refractivity contribution in [3.05, 3.63) is 34.4 Å². The number of nitro groups is 1. The van der Waals surface area contributed by atoms with Crippen LogP contribution < -0.4 is 4.74 Å². The third kappa shape index (κ3) is 9.31. The molecule has 0 aliphatic rings. The summed E-state index contributed by atoms with van der Waals surface area (Å²) < 4.78 is 21.0. The fourth-order valence-corrected chi connectivity index (χ4v) is 2.03. The number of nitrogens with zero attached hydrogens (tertiary/aromatic N) is 1. The van der Waals surface area contributed by atoms with Gasteiger partial charge in [-0.25, -0.2) is 4.79 Å². The van der Waals surface area contributed by atoms with Crippen LogP contribution in [0.3, 0.4) is 0 Å².